The Bertz CT molecular complexity index is 1280. The summed E-state index contributed by atoms with van der Waals surface area (Å²) in [6.07, 6.45) is 45.4. The molecule has 4 aliphatic carbocycles. The number of aliphatic hydroxyl groups is 1. The summed E-state index contributed by atoms with van der Waals surface area (Å²) in [6, 6.07) is 0. The second-order valence-corrected chi connectivity index (χ2v) is 24.0. The number of hydrogen-bond donors (Lipinski definition) is 1. The fourth-order valence-corrected chi connectivity index (χ4v) is 14.1. The molecule has 6 heteroatoms. The number of hydrogen-bond acceptors (Lipinski definition) is 6. The summed E-state index contributed by atoms with van der Waals surface area (Å²) in [5.74, 6) is 5.16. The number of carbonyl (C=O) groups excluding carboxylic acids is 1. The predicted molar refractivity (Wildman–Crippen MR) is 284 cm³/mol. The predicted octanol–water partition coefficient (Wildman–Crippen LogP) is 17.0. The molecule has 4 aliphatic rings. The number of aliphatic hydroxyl groups excluding tert-OH is 1. The van der Waals surface area contributed by atoms with Gasteiger partial charge in [-0.25, -0.2) is 0 Å². The van der Waals surface area contributed by atoms with Crippen LogP contribution in [0.2, 0.25) is 0 Å². The molecule has 0 heterocycles. The topological polar surface area (TPSA) is 68.2 Å². The molecule has 0 aliphatic heterocycles. The normalized spacial score (nSPS) is 26.5. The number of nitrogens with zero attached hydrogens (tertiary/aromatic N) is 1. The maximum Gasteiger partial charge on any atom is 0.306 e. The van der Waals surface area contributed by atoms with Crippen LogP contribution < -0.4 is 0 Å². The molecule has 0 spiro atoms. The van der Waals surface area contributed by atoms with Crippen molar-refractivity contribution in [3.05, 3.63) is 11.6 Å². The summed E-state index contributed by atoms with van der Waals surface area (Å²) in [4.78, 5) is 15.8. The third-order valence-electron chi connectivity index (χ3n) is 18.3. The molecular formula is C61H113NO5. The molecule has 3 fully saturated rings. The van der Waals surface area contributed by atoms with Gasteiger partial charge in [-0.1, -0.05) is 169 Å². The molecule has 392 valence electrons. The minimum Gasteiger partial charge on any atom is -0.462 e. The number of ether oxygens (including phenoxy) is 3. The third-order valence-corrected chi connectivity index (χ3v) is 18.3. The molecule has 0 bridgehead atoms. The maximum absolute atomic E-state index is 13.2. The van der Waals surface area contributed by atoms with Crippen molar-refractivity contribution in [2.24, 2.45) is 46.3 Å². The molecule has 8 unspecified atom stereocenters. The fourth-order valence-electron chi connectivity index (χ4n) is 14.1. The zero-order valence-corrected chi connectivity index (χ0v) is 45.7. The quantitative estimate of drug-likeness (QED) is 0.0286. The molecule has 0 radical (unpaired) electrons. The Hall–Kier alpha value is -0.950. The average Bonchev–Trinajstić information content (AvgIpc) is 3.67. The van der Waals surface area contributed by atoms with Crippen LogP contribution in [0.4, 0.5) is 0 Å². The van der Waals surface area contributed by atoms with Gasteiger partial charge >= 0.3 is 5.97 Å². The van der Waals surface area contributed by atoms with Crippen LogP contribution in [0.15, 0.2) is 11.6 Å². The van der Waals surface area contributed by atoms with Crippen LogP contribution >= 0.6 is 0 Å². The van der Waals surface area contributed by atoms with E-state index in [1.54, 1.807) is 5.57 Å². The van der Waals surface area contributed by atoms with Crippen molar-refractivity contribution in [1.29, 1.82) is 0 Å². The second-order valence-electron chi connectivity index (χ2n) is 24.0. The Kier molecular flexibility index (Phi) is 29.4. The summed E-state index contributed by atoms with van der Waals surface area (Å²) in [5.41, 5.74) is 2.45. The van der Waals surface area contributed by atoms with Gasteiger partial charge in [0, 0.05) is 32.7 Å². The van der Waals surface area contributed by atoms with Crippen molar-refractivity contribution in [3.63, 3.8) is 0 Å². The molecule has 1 N–H and O–H groups in total. The van der Waals surface area contributed by atoms with Crippen LogP contribution in [0.5, 0.6) is 0 Å². The smallest absolute Gasteiger partial charge is 0.306 e. The van der Waals surface area contributed by atoms with E-state index in [1.807, 2.05) is 0 Å². The summed E-state index contributed by atoms with van der Waals surface area (Å²) in [7, 11) is 0. The Morgan fingerprint density at radius 2 is 1.25 bits per heavy atom. The number of rotatable bonds is 40. The lowest BCUT2D eigenvalue weighted by molar-refractivity contribution is -0.151. The lowest BCUT2D eigenvalue weighted by Gasteiger charge is -2.58. The Balaban J connectivity index is 1.09. The minimum absolute atomic E-state index is 0.0238. The molecule has 6 nitrogen and oxygen atoms in total. The molecule has 8 atom stereocenters. The number of allylic oxidation sites excluding steroid dienone is 1. The van der Waals surface area contributed by atoms with Gasteiger partial charge in [0.25, 0.3) is 0 Å². The molecule has 67 heavy (non-hydrogen) atoms. The molecular weight excluding hydrogens is 827 g/mol. The Morgan fingerprint density at radius 3 is 1.90 bits per heavy atom. The van der Waals surface area contributed by atoms with Crippen LogP contribution in [-0.4, -0.2) is 67.8 Å². The average molecular weight is 941 g/mol. The fraction of sp³-hybridized carbons (Fsp3) is 0.951. The van der Waals surface area contributed by atoms with E-state index in [0.29, 0.717) is 17.3 Å². The van der Waals surface area contributed by atoms with Crippen molar-refractivity contribution in [2.45, 2.75) is 286 Å². The molecule has 0 amide bonds. The number of fused-ring (bicyclic) bond motifs is 5. The van der Waals surface area contributed by atoms with E-state index in [2.05, 4.69) is 59.4 Å². The Morgan fingerprint density at radius 1 is 0.657 bits per heavy atom. The van der Waals surface area contributed by atoms with Crippen LogP contribution in [-0.2, 0) is 19.0 Å². The van der Waals surface area contributed by atoms with Gasteiger partial charge in [-0.2, -0.15) is 0 Å². The summed E-state index contributed by atoms with van der Waals surface area (Å²) < 4.78 is 18.8. The number of unbranched alkanes of at least 4 members (excludes halogenated alkanes) is 17. The highest BCUT2D eigenvalue weighted by Gasteiger charge is 2.59. The van der Waals surface area contributed by atoms with Gasteiger partial charge in [-0.3, -0.25) is 4.79 Å². The highest BCUT2D eigenvalue weighted by molar-refractivity contribution is 5.69. The van der Waals surface area contributed by atoms with Crippen molar-refractivity contribution in [1.82, 2.24) is 4.90 Å². The Labute approximate surface area is 416 Å². The second kappa shape index (κ2) is 33.7. The molecule has 0 aromatic carbocycles. The van der Waals surface area contributed by atoms with Gasteiger partial charge in [-0.05, 0) is 169 Å². The SMILES string of the molecule is CCCCCCCCOC(CCCCCCCN(CCCCO)CCCCCC(=O)OC1CCC2(C)C(=CCC3C2CCC2(C)C(C(C)CCCC(C)C)CCC32)C1)OCCCCCCCC. The van der Waals surface area contributed by atoms with E-state index >= 15 is 0 Å². The first kappa shape index (κ1) is 58.6. The van der Waals surface area contributed by atoms with Gasteiger partial charge < -0.3 is 24.2 Å². The number of esters is 1. The van der Waals surface area contributed by atoms with E-state index in [4.69, 9.17) is 14.2 Å². The maximum atomic E-state index is 13.2. The first-order valence-electron chi connectivity index (χ1n) is 30.0. The first-order valence-corrected chi connectivity index (χ1v) is 30.0. The lowest BCUT2D eigenvalue weighted by Crippen LogP contribution is -2.51. The summed E-state index contributed by atoms with van der Waals surface area (Å²) in [5, 5.41) is 9.46. The van der Waals surface area contributed by atoms with Crippen LogP contribution in [0.1, 0.15) is 273 Å². The van der Waals surface area contributed by atoms with E-state index in [1.165, 1.54) is 154 Å². The van der Waals surface area contributed by atoms with Crippen LogP contribution in [0.25, 0.3) is 0 Å². The van der Waals surface area contributed by atoms with Crippen molar-refractivity contribution < 1.29 is 24.1 Å². The van der Waals surface area contributed by atoms with Gasteiger partial charge in [0.1, 0.15) is 6.10 Å². The number of carbonyl (C=O) groups is 1. The summed E-state index contributed by atoms with van der Waals surface area (Å²) in [6.45, 7) is 22.4. The molecule has 4 rings (SSSR count). The minimum atomic E-state index is -0.0340. The lowest BCUT2D eigenvalue weighted by atomic mass is 9.47. The highest BCUT2D eigenvalue weighted by Crippen LogP contribution is 2.67. The van der Waals surface area contributed by atoms with Crippen LogP contribution in [0.3, 0.4) is 0 Å². The standard InChI is InChI=1S/C61H113NO5/c1-8-10-12-14-19-28-47-65-59(66-48-29-20-15-13-11-9-2)34-23-17-16-18-24-43-62(45-26-27-46-63)44-25-21-22-33-58(64)67-53-39-41-60(6)52(49-53)35-36-54-56-38-37-55(51(5)32-30-31-50(3)4)61(56,7)42-40-57(54)60/h35,50-51,53-57,59,63H,8-34,36-49H2,1-7H3. The highest BCUT2D eigenvalue weighted by atomic mass is 16.7. The zero-order chi connectivity index (χ0) is 48.2. The van der Waals surface area contributed by atoms with Gasteiger partial charge in [0.15, 0.2) is 6.29 Å². The largest absolute Gasteiger partial charge is 0.462 e. The van der Waals surface area contributed by atoms with Crippen molar-refractivity contribution in [3.8, 4) is 0 Å². The molecule has 0 aromatic heterocycles. The molecule has 0 saturated heterocycles. The van der Waals surface area contributed by atoms with E-state index in [0.717, 1.165) is 133 Å². The molecule has 0 aromatic rings. The van der Waals surface area contributed by atoms with E-state index < -0.39 is 0 Å². The first-order chi connectivity index (χ1) is 32.5. The molecule has 3 saturated carbocycles. The van der Waals surface area contributed by atoms with Gasteiger partial charge in [-0.15, -0.1) is 0 Å². The van der Waals surface area contributed by atoms with Gasteiger partial charge in [0.05, 0.1) is 0 Å². The summed E-state index contributed by atoms with van der Waals surface area (Å²) >= 11 is 0. The van der Waals surface area contributed by atoms with E-state index in [9.17, 15) is 9.90 Å². The van der Waals surface area contributed by atoms with Gasteiger partial charge in [0.2, 0.25) is 0 Å². The van der Waals surface area contributed by atoms with Crippen molar-refractivity contribution >= 4 is 5.97 Å². The van der Waals surface area contributed by atoms with Crippen molar-refractivity contribution in [2.75, 3.05) is 39.5 Å². The van der Waals surface area contributed by atoms with Crippen LogP contribution in [0, 0.1) is 46.3 Å². The monoisotopic (exact) mass is 940 g/mol. The third kappa shape index (κ3) is 20.6. The van der Waals surface area contributed by atoms with E-state index in [-0.39, 0.29) is 25.0 Å². The zero-order valence-electron chi connectivity index (χ0n) is 45.7.